The molecular weight excluding hydrogens is 521 g/mol. The molecule has 1 aliphatic heterocycles. The summed E-state index contributed by atoms with van der Waals surface area (Å²) in [6, 6.07) is 25.0. The van der Waals surface area contributed by atoms with E-state index in [1.54, 1.807) is 0 Å². The third kappa shape index (κ3) is 7.33. The molecule has 0 saturated heterocycles. The molecule has 3 aromatic carbocycles. The SMILES string of the molecule is CN1C(c2ccc(Cl)cc2)CC=C(COCC(=O)C[C@@H](Cc2ccccc2)C(=O)O)[C@@H]1c1cccc(Cl)c1. The van der Waals surface area contributed by atoms with Gasteiger partial charge in [0.2, 0.25) is 0 Å². The van der Waals surface area contributed by atoms with Crippen LogP contribution in [0, 0.1) is 5.92 Å². The number of carboxylic acids is 1. The van der Waals surface area contributed by atoms with Gasteiger partial charge in [0.15, 0.2) is 5.78 Å². The summed E-state index contributed by atoms with van der Waals surface area (Å²) >= 11 is 12.4. The van der Waals surface area contributed by atoms with Crippen molar-refractivity contribution in [2.75, 3.05) is 20.3 Å². The van der Waals surface area contributed by atoms with Crippen molar-refractivity contribution in [1.29, 1.82) is 0 Å². The van der Waals surface area contributed by atoms with Gasteiger partial charge < -0.3 is 9.84 Å². The summed E-state index contributed by atoms with van der Waals surface area (Å²) in [5.74, 6) is -1.99. The Bertz CT molecular complexity index is 1280. The van der Waals surface area contributed by atoms with Crippen LogP contribution in [-0.2, 0) is 20.7 Å². The summed E-state index contributed by atoms with van der Waals surface area (Å²) in [6.07, 6.45) is 3.19. The lowest BCUT2D eigenvalue weighted by atomic mass is 9.88. The number of rotatable bonds is 11. The van der Waals surface area contributed by atoms with E-state index in [0.29, 0.717) is 16.5 Å². The minimum absolute atomic E-state index is 0.0699. The Labute approximate surface area is 233 Å². The fraction of sp³-hybridized carbons (Fsp3) is 0.290. The molecule has 7 heteroatoms. The number of ketones is 1. The molecule has 0 amide bonds. The lowest BCUT2D eigenvalue weighted by molar-refractivity contribution is -0.144. The highest BCUT2D eigenvalue weighted by molar-refractivity contribution is 6.30. The van der Waals surface area contributed by atoms with Crippen molar-refractivity contribution in [1.82, 2.24) is 4.90 Å². The molecule has 3 atom stereocenters. The van der Waals surface area contributed by atoms with Crippen LogP contribution in [0.2, 0.25) is 10.0 Å². The molecule has 5 nitrogen and oxygen atoms in total. The summed E-state index contributed by atoms with van der Waals surface area (Å²) in [4.78, 5) is 26.7. The van der Waals surface area contributed by atoms with Gasteiger partial charge in [0.05, 0.1) is 18.6 Å². The molecule has 3 aromatic rings. The average molecular weight is 552 g/mol. The number of hydrogen-bond acceptors (Lipinski definition) is 4. The lowest BCUT2D eigenvalue weighted by Crippen LogP contribution is -2.35. The van der Waals surface area contributed by atoms with Gasteiger partial charge in [-0.15, -0.1) is 0 Å². The lowest BCUT2D eigenvalue weighted by Gasteiger charge is -2.40. The van der Waals surface area contributed by atoms with E-state index in [1.165, 1.54) is 0 Å². The van der Waals surface area contributed by atoms with Crippen LogP contribution in [0.15, 0.2) is 90.5 Å². The van der Waals surface area contributed by atoms with Crippen molar-refractivity contribution in [2.45, 2.75) is 31.3 Å². The first kappa shape index (κ1) is 28.1. The molecule has 1 heterocycles. The smallest absolute Gasteiger partial charge is 0.307 e. The molecule has 0 bridgehead atoms. The van der Waals surface area contributed by atoms with E-state index in [-0.39, 0.29) is 37.5 Å². The number of carboxylic acid groups (broad SMARTS) is 1. The monoisotopic (exact) mass is 551 g/mol. The van der Waals surface area contributed by atoms with Crippen molar-refractivity contribution in [3.63, 3.8) is 0 Å². The summed E-state index contributed by atoms with van der Waals surface area (Å²) in [5.41, 5.74) is 4.12. The van der Waals surface area contributed by atoms with Crippen LogP contribution in [0.1, 0.15) is 41.6 Å². The number of carbonyl (C=O) groups excluding carboxylic acids is 1. The quantitative estimate of drug-likeness (QED) is 0.261. The Morgan fingerprint density at radius 1 is 0.974 bits per heavy atom. The van der Waals surface area contributed by atoms with Crippen LogP contribution in [0.3, 0.4) is 0 Å². The molecule has 1 aliphatic rings. The van der Waals surface area contributed by atoms with Gasteiger partial charge in [-0.3, -0.25) is 14.5 Å². The number of aliphatic carboxylic acids is 1. The van der Waals surface area contributed by atoms with Gasteiger partial charge in [-0.05, 0) is 66.4 Å². The molecule has 0 saturated carbocycles. The fourth-order valence-corrected chi connectivity index (χ4v) is 5.39. The topological polar surface area (TPSA) is 66.8 Å². The molecule has 1 unspecified atom stereocenters. The van der Waals surface area contributed by atoms with Gasteiger partial charge in [-0.2, -0.15) is 0 Å². The second kappa shape index (κ2) is 13.2. The number of Topliss-reactive ketones (excluding diaryl/α,β-unsaturated/α-hetero) is 1. The van der Waals surface area contributed by atoms with Crippen molar-refractivity contribution in [2.24, 2.45) is 5.92 Å². The summed E-state index contributed by atoms with van der Waals surface area (Å²) in [6.45, 7) is 0.125. The number of nitrogens with zero attached hydrogens (tertiary/aromatic N) is 1. The summed E-state index contributed by atoms with van der Waals surface area (Å²) in [7, 11) is 2.07. The van der Waals surface area contributed by atoms with Crippen LogP contribution in [0.25, 0.3) is 0 Å². The molecular formula is C31H31Cl2NO4. The molecule has 0 radical (unpaired) electrons. The van der Waals surface area contributed by atoms with E-state index >= 15 is 0 Å². The highest BCUT2D eigenvalue weighted by Crippen LogP contribution is 2.41. The molecule has 198 valence electrons. The van der Waals surface area contributed by atoms with Crippen LogP contribution < -0.4 is 0 Å². The Morgan fingerprint density at radius 2 is 1.71 bits per heavy atom. The predicted molar refractivity (Wildman–Crippen MR) is 151 cm³/mol. The number of likely N-dealkylation sites (N-methyl/N-ethyl adjacent to an activating group) is 1. The second-order valence-electron chi connectivity index (χ2n) is 9.67. The first-order valence-electron chi connectivity index (χ1n) is 12.6. The zero-order chi connectivity index (χ0) is 27.1. The molecule has 0 spiro atoms. The number of hydrogen-bond donors (Lipinski definition) is 1. The molecule has 4 rings (SSSR count). The third-order valence-electron chi connectivity index (χ3n) is 6.95. The van der Waals surface area contributed by atoms with E-state index in [1.807, 2.05) is 78.9 Å². The van der Waals surface area contributed by atoms with Crippen molar-refractivity contribution >= 4 is 35.0 Å². The zero-order valence-corrected chi connectivity index (χ0v) is 22.7. The molecule has 0 fully saturated rings. The van der Waals surface area contributed by atoms with E-state index in [4.69, 9.17) is 27.9 Å². The van der Waals surface area contributed by atoms with Crippen molar-refractivity contribution in [3.8, 4) is 0 Å². The third-order valence-corrected chi connectivity index (χ3v) is 7.44. The maximum absolute atomic E-state index is 12.7. The first-order valence-corrected chi connectivity index (χ1v) is 13.4. The number of halogens is 2. The van der Waals surface area contributed by atoms with Crippen LogP contribution in [-0.4, -0.2) is 42.0 Å². The normalized spacial score (nSPS) is 18.6. The molecule has 1 N–H and O–H groups in total. The number of benzene rings is 3. The average Bonchev–Trinajstić information content (AvgIpc) is 2.90. The maximum atomic E-state index is 12.7. The zero-order valence-electron chi connectivity index (χ0n) is 21.2. The Morgan fingerprint density at radius 3 is 2.39 bits per heavy atom. The van der Waals surface area contributed by atoms with E-state index in [0.717, 1.165) is 28.7 Å². The largest absolute Gasteiger partial charge is 0.481 e. The van der Waals surface area contributed by atoms with Crippen molar-refractivity contribution in [3.05, 3.63) is 117 Å². The van der Waals surface area contributed by atoms with Gasteiger partial charge in [0.1, 0.15) is 6.61 Å². The number of carbonyl (C=O) groups is 2. The second-order valence-corrected chi connectivity index (χ2v) is 10.5. The van der Waals surface area contributed by atoms with Gasteiger partial charge in [0.25, 0.3) is 0 Å². The minimum Gasteiger partial charge on any atom is -0.481 e. The molecule has 0 aliphatic carbocycles. The standard InChI is InChI=1S/C31H31Cl2NO4/c1-34-29(22-10-13-26(32)14-11-22)15-12-24(30(34)23-8-5-9-27(33)17-23)19-38-20-28(35)18-25(31(36)37)16-21-6-3-2-4-7-21/h2-14,17,25,29-30H,15-16,18-20H2,1H3,(H,36,37)/t25-,29?,30+/m1/s1. The molecule has 0 aromatic heterocycles. The van der Waals surface area contributed by atoms with Gasteiger partial charge in [-0.25, -0.2) is 0 Å². The Kier molecular flexibility index (Phi) is 9.75. The van der Waals surface area contributed by atoms with E-state index in [9.17, 15) is 14.7 Å². The maximum Gasteiger partial charge on any atom is 0.307 e. The Hall–Kier alpha value is -2.96. The number of ether oxygens (including phenoxy) is 1. The summed E-state index contributed by atoms with van der Waals surface area (Å²) < 4.78 is 5.86. The van der Waals surface area contributed by atoms with E-state index < -0.39 is 11.9 Å². The van der Waals surface area contributed by atoms with Gasteiger partial charge in [0, 0.05) is 22.5 Å². The van der Waals surface area contributed by atoms with Gasteiger partial charge in [-0.1, -0.05) is 83.9 Å². The highest BCUT2D eigenvalue weighted by Gasteiger charge is 2.32. The predicted octanol–water partition coefficient (Wildman–Crippen LogP) is 6.96. The highest BCUT2D eigenvalue weighted by atomic mass is 35.5. The van der Waals surface area contributed by atoms with Crippen LogP contribution in [0.5, 0.6) is 0 Å². The minimum atomic E-state index is -0.979. The van der Waals surface area contributed by atoms with Crippen molar-refractivity contribution < 1.29 is 19.4 Å². The summed E-state index contributed by atoms with van der Waals surface area (Å²) in [5, 5.41) is 11.0. The van der Waals surface area contributed by atoms with E-state index in [2.05, 4.69) is 18.0 Å². The first-order chi connectivity index (χ1) is 18.3. The van der Waals surface area contributed by atoms with Crippen LogP contribution in [0.4, 0.5) is 0 Å². The van der Waals surface area contributed by atoms with Gasteiger partial charge >= 0.3 is 5.97 Å². The van der Waals surface area contributed by atoms with Crippen LogP contribution >= 0.6 is 23.2 Å². The fourth-order valence-electron chi connectivity index (χ4n) is 5.06. The Balaban J connectivity index is 1.44. The molecule has 38 heavy (non-hydrogen) atoms.